The quantitative estimate of drug-likeness (QED) is 0.826. The van der Waals surface area contributed by atoms with Crippen LogP contribution in [-0.4, -0.2) is 17.2 Å². The normalized spacial score (nSPS) is 10.0. The van der Waals surface area contributed by atoms with Gasteiger partial charge in [0.2, 0.25) is 5.88 Å². The lowest BCUT2D eigenvalue weighted by molar-refractivity contribution is 0.398. The molecule has 7 heteroatoms. The minimum absolute atomic E-state index is 0.480. The van der Waals surface area contributed by atoms with Crippen LogP contribution in [0.3, 0.4) is 0 Å². The van der Waals surface area contributed by atoms with Crippen LogP contribution in [-0.2, 0) is 6.54 Å². The number of pyridine rings is 1. The highest BCUT2D eigenvalue weighted by Crippen LogP contribution is 2.20. The molecule has 0 aliphatic carbocycles. The average molecular weight is 342 g/mol. The second-order valence-corrected chi connectivity index (χ2v) is 5.38. The first-order chi connectivity index (χ1) is 10.1. The van der Waals surface area contributed by atoms with E-state index in [1.807, 2.05) is 12.1 Å². The molecular weight excluding hydrogens is 329 g/mol. The zero-order valence-corrected chi connectivity index (χ0v) is 13.5. The van der Waals surface area contributed by atoms with Gasteiger partial charge in [0.05, 0.1) is 19.0 Å². The Morgan fingerprint density at radius 1 is 1.29 bits per heavy atom. The highest BCUT2D eigenvalue weighted by molar-refractivity contribution is 7.80. The summed E-state index contributed by atoms with van der Waals surface area (Å²) in [5.74, 6) is 0.548. The van der Waals surface area contributed by atoms with E-state index < -0.39 is 0 Å². The third kappa shape index (κ3) is 4.74. The molecule has 4 nitrogen and oxygen atoms in total. The molecule has 0 saturated heterocycles. The van der Waals surface area contributed by atoms with Gasteiger partial charge in [0.1, 0.15) is 0 Å². The fraction of sp³-hybridized carbons (Fsp3) is 0.143. The van der Waals surface area contributed by atoms with Crippen LogP contribution < -0.4 is 15.4 Å². The fourth-order valence-electron chi connectivity index (χ4n) is 1.59. The molecule has 1 aromatic heterocycles. The van der Waals surface area contributed by atoms with Gasteiger partial charge in [-0.25, -0.2) is 4.98 Å². The molecule has 2 N–H and O–H groups in total. The Morgan fingerprint density at radius 3 is 2.71 bits per heavy atom. The Balaban J connectivity index is 1.89. The van der Waals surface area contributed by atoms with Gasteiger partial charge in [0, 0.05) is 22.7 Å². The smallest absolute Gasteiger partial charge is 0.213 e. The van der Waals surface area contributed by atoms with E-state index in [1.165, 1.54) is 0 Å². The summed E-state index contributed by atoms with van der Waals surface area (Å²) in [6.45, 7) is 0.505. The molecule has 1 heterocycles. The monoisotopic (exact) mass is 341 g/mol. The molecule has 0 aliphatic heterocycles. The van der Waals surface area contributed by atoms with Gasteiger partial charge in [0.25, 0.3) is 0 Å². The maximum atomic E-state index is 6.09. The molecule has 2 rings (SSSR count). The Labute approximate surface area is 138 Å². The molecule has 0 saturated carbocycles. The summed E-state index contributed by atoms with van der Waals surface area (Å²) < 4.78 is 4.99. The average Bonchev–Trinajstić information content (AvgIpc) is 2.47. The number of nitrogens with zero attached hydrogens (tertiary/aromatic N) is 1. The van der Waals surface area contributed by atoms with Gasteiger partial charge in [0.15, 0.2) is 5.11 Å². The molecule has 0 spiro atoms. The second kappa shape index (κ2) is 7.45. The zero-order chi connectivity index (χ0) is 15.2. The minimum Gasteiger partial charge on any atom is -0.481 e. The van der Waals surface area contributed by atoms with Crippen LogP contribution in [0, 0.1) is 0 Å². The molecule has 0 aliphatic rings. The number of hydrogen-bond acceptors (Lipinski definition) is 3. The third-order valence-electron chi connectivity index (χ3n) is 2.66. The van der Waals surface area contributed by atoms with Crippen LogP contribution in [0.1, 0.15) is 5.56 Å². The van der Waals surface area contributed by atoms with Crippen LogP contribution >= 0.6 is 35.4 Å². The maximum Gasteiger partial charge on any atom is 0.213 e. The van der Waals surface area contributed by atoms with Gasteiger partial charge in [-0.2, -0.15) is 0 Å². The van der Waals surface area contributed by atoms with E-state index in [9.17, 15) is 0 Å². The number of hydrogen-bond donors (Lipinski definition) is 2. The SMILES string of the molecule is COc1ccc(NC(=S)NCc2ccc(Cl)cc2Cl)cn1. The molecule has 0 bridgehead atoms. The summed E-state index contributed by atoms with van der Waals surface area (Å²) in [5.41, 5.74) is 1.69. The Hall–Kier alpha value is -1.56. The van der Waals surface area contributed by atoms with E-state index >= 15 is 0 Å². The number of aromatic nitrogens is 1. The summed E-state index contributed by atoms with van der Waals surface area (Å²) >= 11 is 17.2. The van der Waals surface area contributed by atoms with Crippen molar-refractivity contribution >= 4 is 46.2 Å². The molecule has 2 aromatic rings. The summed E-state index contributed by atoms with van der Waals surface area (Å²) in [6.07, 6.45) is 1.64. The molecule has 110 valence electrons. The van der Waals surface area contributed by atoms with Gasteiger partial charge < -0.3 is 15.4 Å². The molecule has 0 radical (unpaired) electrons. The van der Waals surface area contributed by atoms with Crippen LogP contribution in [0.5, 0.6) is 5.88 Å². The summed E-state index contributed by atoms with van der Waals surface area (Å²) in [6, 6.07) is 8.92. The maximum absolute atomic E-state index is 6.09. The van der Waals surface area contributed by atoms with Crippen molar-refractivity contribution in [3.8, 4) is 5.88 Å². The highest BCUT2D eigenvalue weighted by atomic mass is 35.5. The summed E-state index contributed by atoms with van der Waals surface area (Å²) in [4.78, 5) is 4.08. The van der Waals surface area contributed by atoms with E-state index in [2.05, 4.69) is 15.6 Å². The number of rotatable bonds is 4. The Morgan fingerprint density at radius 2 is 2.10 bits per heavy atom. The van der Waals surface area contributed by atoms with Crippen molar-refractivity contribution in [1.29, 1.82) is 0 Å². The molecule has 1 aromatic carbocycles. The highest BCUT2D eigenvalue weighted by Gasteiger charge is 2.03. The number of anilines is 1. The van der Waals surface area contributed by atoms with Gasteiger partial charge in [-0.1, -0.05) is 29.3 Å². The van der Waals surface area contributed by atoms with Gasteiger partial charge in [-0.3, -0.25) is 0 Å². The van der Waals surface area contributed by atoms with Crippen LogP contribution in [0.15, 0.2) is 36.5 Å². The zero-order valence-electron chi connectivity index (χ0n) is 11.2. The van der Waals surface area contributed by atoms with E-state index in [0.717, 1.165) is 11.3 Å². The van der Waals surface area contributed by atoms with Crippen LogP contribution in [0.4, 0.5) is 5.69 Å². The van der Waals surface area contributed by atoms with Crippen molar-refractivity contribution in [2.45, 2.75) is 6.54 Å². The molecular formula is C14H13Cl2N3OS. The Kier molecular flexibility index (Phi) is 5.61. The van der Waals surface area contributed by atoms with Crippen molar-refractivity contribution in [3.05, 3.63) is 52.1 Å². The first kappa shape index (κ1) is 15.8. The predicted molar refractivity (Wildman–Crippen MR) is 90.3 cm³/mol. The first-order valence-corrected chi connectivity index (χ1v) is 7.23. The van der Waals surface area contributed by atoms with Gasteiger partial charge in [-0.05, 0) is 36.0 Å². The van der Waals surface area contributed by atoms with E-state index in [-0.39, 0.29) is 0 Å². The lowest BCUT2D eigenvalue weighted by Gasteiger charge is -2.11. The number of thiocarbonyl (C=S) groups is 1. The first-order valence-electron chi connectivity index (χ1n) is 6.07. The molecule has 21 heavy (non-hydrogen) atoms. The molecule has 0 amide bonds. The van der Waals surface area contributed by atoms with Crippen LogP contribution in [0.25, 0.3) is 0 Å². The van der Waals surface area contributed by atoms with E-state index in [4.69, 9.17) is 40.2 Å². The Bertz CT molecular complexity index is 635. The van der Waals surface area contributed by atoms with Gasteiger partial charge in [-0.15, -0.1) is 0 Å². The third-order valence-corrected chi connectivity index (χ3v) is 3.49. The molecule has 0 atom stereocenters. The lowest BCUT2D eigenvalue weighted by atomic mass is 10.2. The fourth-order valence-corrected chi connectivity index (χ4v) is 2.26. The van der Waals surface area contributed by atoms with Crippen molar-refractivity contribution in [2.75, 3.05) is 12.4 Å². The molecule has 0 fully saturated rings. The summed E-state index contributed by atoms with van der Waals surface area (Å²) in [5, 5.41) is 7.78. The van der Waals surface area contributed by atoms with Crippen molar-refractivity contribution in [1.82, 2.24) is 10.3 Å². The molecule has 0 unspecified atom stereocenters. The van der Waals surface area contributed by atoms with E-state index in [0.29, 0.717) is 27.6 Å². The lowest BCUT2D eigenvalue weighted by Crippen LogP contribution is -2.28. The number of halogens is 2. The minimum atomic E-state index is 0.480. The number of benzene rings is 1. The number of nitrogens with one attached hydrogen (secondary N) is 2. The van der Waals surface area contributed by atoms with E-state index in [1.54, 1.807) is 31.5 Å². The largest absolute Gasteiger partial charge is 0.481 e. The second-order valence-electron chi connectivity index (χ2n) is 4.13. The predicted octanol–water partition coefficient (Wildman–Crippen LogP) is 3.88. The van der Waals surface area contributed by atoms with Crippen molar-refractivity contribution < 1.29 is 4.74 Å². The number of methoxy groups -OCH3 is 1. The topological polar surface area (TPSA) is 46.2 Å². The number of ether oxygens (including phenoxy) is 1. The van der Waals surface area contributed by atoms with Crippen molar-refractivity contribution in [2.24, 2.45) is 0 Å². The standard InChI is InChI=1S/C14H13Cl2N3OS/c1-20-13-5-4-11(8-17-13)19-14(21)18-7-9-2-3-10(15)6-12(9)16/h2-6,8H,7H2,1H3,(H2,18,19,21). The summed E-state index contributed by atoms with van der Waals surface area (Å²) in [7, 11) is 1.57. The van der Waals surface area contributed by atoms with Crippen molar-refractivity contribution in [3.63, 3.8) is 0 Å². The van der Waals surface area contributed by atoms with Gasteiger partial charge >= 0.3 is 0 Å². The van der Waals surface area contributed by atoms with Crippen LogP contribution in [0.2, 0.25) is 10.0 Å².